The minimum absolute atomic E-state index is 0.827. The topological polar surface area (TPSA) is 12.9 Å². The molecule has 0 spiro atoms. The SMILES string of the molecule is BrCc1cccc(CBr)n1. The number of hydrogen-bond donors (Lipinski definition) is 0. The zero-order valence-corrected chi connectivity index (χ0v) is 8.52. The molecule has 0 saturated carbocycles. The van der Waals surface area contributed by atoms with Gasteiger partial charge in [0.15, 0.2) is 0 Å². The van der Waals surface area contributed by atoms with E-state index in [2.05, 4.69) is 36.8 Å². The van der Waals surface area contributed by atoms with E-state index < -0.39 is 0 Å². The van der Waals surface area contributed by atoms with E-state index >= 15 is 0 Å². The molecule has 0 saturated heterocycles. The molecule has 0 aromatic carbocycles. The van der Waals surface area contributed by atoms with Gasteiger partial charge in [0.1, 0.15) is 0 Å². The number of pyridine rings is 1. The Bertz CT molecular complexity index is 193. The van der Waals surface area contributed by atoms with Gasteiger partial charge in [0.25, 0.3) is 0 Å². The van der Waals surface area contributed by atoms with E-state index in [0.29, 0.717) is 0 Å². The maximum absolute atomic E-state index is 4.32. The predicted octanol–water partition coefficient (Wildman–Crippen LogP) is 2.87. The number of hydrogen-bond acceptors (Lipinski definition) is 1. The molecule has 1 heterocycles. The van der Waals surface area contributed by atoms with E-state index in [0.717, 1.165) is 22.0 Å². The van der Waals surface area contributed by atoms with Crippen LogP contribution in [0.3, 0.4) is 0 Å². The molecule has 0 fully saturated rings. The first kappa shape index (κ1) is 8.21. The Morgan fingerprint density at radius 1 is 1.10 bits per heavy atom. The van der Waals surface area contributed by atoms with Crippen LogP contribution in [0.1, 0.15) is 11.4 Å². The summed E-state index contributed by atoms with van der Waals surface area (Å²) >= 11 is 6.69. The molecule has 0 bridgehead atoms. The van der Waals surface area contributed by atoms with Crippen LogP contribution < -0.4 is 0 Å². The van der Waals surface area contributed by atoms with Gasteiger partial charge in [0, 0.05) is 10.7 Å². The standard InChI is InChI=1S/C7H7Br2N/c8-4-6-2-1-3-7(5-9)10-6/h1-3H,4-5H2. The largest absolute Gasteiger partial charge is 0.256 e. The zero-order valence-electron chi connectivity index (χ0n) is 5.35. The molecule has 1 nitrogen and oxygen atoms in total. The Hall–Kier alpha value is 0.110. The molecule has 0 N–H and O–H groups in total. The van der Waals surface area contributed by atoms with Crippen molar-refractivity contribution in [2.24, 2.45) is 0 Å². The quantitative estimate of drug-likeness (QED) is 0.749. The molecule has 0 atom stereocenters. The molecule has 0 radical (unpaired) electrons. The first-order chi connectivity index (χ1) is 4.86. The van der Waals surface area contributed by atoms with Crippen LogP contribution in [0, 0.1) is 0 Å². The van der Waals surface area contributed by atoms with Gasteiger partial charge in [-0.25, -0.2) is 0 Å². The molecule has 1 aromatic rings. The van der Waals surface area contributed by atoms with Crippen LogP contribution in [0.15, 0.2) is 18.2 Å². The van der Waals surface area contributed by atoms with Crippen LogP contribution >= 0.6 is 31.9 Å². The molecular weight excluding hydrogens is 258 g/mol. The molecule has 0 aliphatic heterocycles. The number of alkyl halides is 2. The third kappa shape index (κ3) is 2.06. The highest BCUT2D eigenvalue weighted by Crippen LogP contribution is 2.06. The first-order valence-electron chi connectivity index (χ1n) is 2.93. The maximum atomic E-state index is 4.32. The van der Waals surface area contributed by atoms with Crippen molar-refractivity contribution >= 4 is 31.9 Å². The van der Waals surface area contributed by atoms with E-state index in [1.807, 2.05) is 18.2 Å². The summed E-state index contributed by atoms with van der Waals surface area (Å²) in [5.41, 5.74) is 2.16. The lowest BCUT2D eigenvalue weighted by atomic mass is 10.3. The highest BCUT2D eigenvalue weighted by atomic mass is 79.9. The highest BCUT2D eigenvalue weighted by Gasteiger charge is 1.92. The van der Waals surface area contributed by atoms with Gasteiger partial charge >= 0.3 is 0 Å². The fourth-order valence-corrected chi connectivity index (χ4v) is 1.30. The minimum Gasteiger partial charge on any atom is -0.256 e. The summed E-state index contributed by atoms with van der Waals surface area (Å²) in [5.74, 6) is 0. The van der Waals surface area contributed by atoms with Crippen LogP contribution in [0.4, 0.5) is 0 Å². The van der Waals surface area contributed by atoms with Crippen molar-refractivity contribution in [3.63, 3.8) is 0 Å². The van der Waals surface area contributed by atoms with Crippen molar-refractivity contribution in [1.29, 1.82) is 0 Å². The van der Waals surface area contributed by atoms with E-state index in [9.17, 15) is 0 Å². The summed E-state index contributed by atoms with van der Waals surface area (Å²) in [6.07, 6.45) is 0. The van der Waals surface area contributed by atoms with Crippen LogP contribution in [0.25, 0.3) is 0 Å². The van der Waals surface area contributed by atoms with Crippen molar-refractivity contribution < 1.29 is 0 Å². The molecule has 54 valence electrons. The zero-order chi connectivity index (χ0) is 7.40. The van der Waals surface area contributed by atoms with Crippen molar-refractivity contribution in [3.8, 4) is 0 Å². The van der Waals surface area contributed by atoms with Crippen molar-refractivity contribution in [1.82, 2.24) is 4.98 Å². The first-order valence-corrected chi connectivity index (χ1v) is 5.18. The molecule has 10 heavy (non-hydrogen) atoms. The van der Waals surface area contributed by atoms with Gasteiger partial charge in [-0.3, -0.25) is 4.98 Å². The second-order valence-corrected chi connectivity index (χ2v) is 3.01. The Balaban J connectivity index is 2.87. The average Bonchev–Trinajstić information content (AvgIpc) is 2.05. The smallest absolute Gasteiger partial charge is 0.0512 e. The lowest BCUT2D eigenvalue weighted by Gasteiger charge is -1.96. The Labute approximate surface area is 77.1 Å². The predicted molar refractivity (Wildman–Crippen MR) is 49.5 cm³/mol. The summed E-state index contributed by atoms with van der Waals surface area (Å²) in [4.78, 5) is 4.32. The normalized spacial score (nSPS) is 9.80. The monoisotopic (exact) mass is 263 g/mol. The molecule has 0 unspecified atom stereocenters. The van der Waals surface area contributed by atoms with Gasteiger partial charge in [-0.05, 0) is 12.1 Å². The maximum Gasteiger partial charge on any atom is 0.0512 e. The fraction of sp³-hybridized carbons (Fsp3) is 0.286. The van der Waals surface area contributed by atoms with Gasteiger partial charge in [-0.2, -0.15) is 0 Å². The molecule has 1 rings (SSSR count). The van der Waals surface area contributed by atoms with Crippen molar-refractivity contribution in [2.75, 3.05) is 0 Å². The number of nitrogens with zero attached hydrogens (tertiary/aromatic N) is 1. The lowest BCUT2D eigenvalue weighted by molar-refractivity contribution is 1.10. The summed E-state index contributed by atoms with van der Waals surface area (Å²) in [6, 6.07) is 6.02. The van der Waals surface area contributed by atoms with Gasteiger partial charge in [-0.15, -0.1) is 0 Å². The third-order valence-electron chi connectivity index (χ3n) is 1.14. The van der Waals surface area contributed by atoms with Crippen LogP contribution in [-0.2, 0) is 10.7 Å². The average molecular weight is 265 g/mol. The van der Waals surface area contributed by atoms with Crippen LogP contribution in [0.2, 0.25) is 0 Å². The Kier molecular flexibility index (Phi) is 3.35. The third-order valence-corrected chi connectivity index (χ3v) is 2.29. The van der Waals surface area contributed by atoms with E-state index in [-0.39, 0.29) is 0 Å². The van der Waals surface area contributed by atoms with Gasteiger partial charge < -0.3 is 0 Å². The van der Waals surface area contributed by atoms with E-state index in [1.54, 1.807) is 0 Å². The lowest BCUT2D eigenvalue weighted by Crippen LogP contribution is -1.88. The van der Waals surface area contributed by atoms with Crippen molar-refractivity contribution in [3.05, 3.63) is 29.6 Å². The second kappa shape index (κ2) is 4.09. The fourth-order valence-electron chi connectivity index (χ4n) is 0.678. The molecular formula is C7H7Br2N. The van der Waals surface area contributed by atoms with Crippen LogP contribution in [-0.4, -0.2) is 4.98 Å². The van der Waals surface area contributed by atoms with E-state index in [1.165, 1.54) is 0 Å². The number of rotatable bonds is 2. The van der Waals surface area contributed by atoms with Gasteiger partial charge in [-0.1, -0.05) is 37.9 Å². The second-order valence-electron chi connectivity index (χ2n) is 1.89. The summed E-state index contributed by atoms with van der Waals surface area (Å²) < 4.78 is 0. The molecule has 3 heteroatoms. The molecule has 0 aliphatic carbocycles. The Morgan fingerprint density at radius 3 is 2.00 bits per heavy atom. The molecule has 1 aromatic heterocycles. The minimum atomic E-state index is 0.827. The van der Waals surface area contributed by atoms with Gasteiger partial charge in [0.2, 0.25) is 0 Å². The highest BCUT2D eigenvalue weighted by molar-refractivity contribution is 9.08. The summed E-state index contributed by atoms with van der Waals surface area (Å²) in [5, 5.41) is 1.65. The summed E-state index contributed by atoms with van der Waals surface area (Å²) in [6.45, 7) is 0. The number of aromatic nitrogens is 1. The van der Waals surface area contributed by atoms with Crippen molar-refractivity contribution in [2.45, 2.75) is 10.7 Å². The number of halogens is 2. The van der Waals surface area contributed by atoms with Crippen LogP contribution in [0.5, 0.6) is 0 Å². The molecule has 0 amide bonds. The molecule has 0 aliphatic rings. The van der Waals surface area contributed by atoms with E-state index in [4.69, 9.17) is 0 Å². The summed E-state index contributed by atoms with van der Waals surface area (Å²) in [7, 11) is 0. The van der Waals surface area contributed by atoms with Gasteiger partial charge in [0.05, 0.1) is 11.4 Å². The Morgan fingerprint density at radius 2 is 1.60 bits per heavy atom.